The minimum Gasteiger partial charge on any atom is -0.368 e. The fourth-order valence-electron chi connectivity index (χ4n) is 4.97. The molecule has 3 aliphatic heterocycles. The molecule has 15 N–H and O–H groups in total. The summed E-state index contributed by atoms with van der Waals surface area (Å²) in [6, 6.07) is 0. The number of hydrogen-bond donors (Lipinski definition) is 9. The molecule has 3 aliphatic rings. The lowest BCUT2D eigenvalue weighted by atomic mass is 10.5. The summed E-state index contributed by atoms with van der Waals surface area (Å²) in [5.41, 5.74) is 37.0. The van der Waals surface area contributed by atoms with Crippen molar-refractivity contribution in [2.24, 2.45) is 0 Å². The van der Waals surface area contributed by atoms with Gasteiger partial charge >= 0.3 is 0 Å². The van der Waals surface area contributed by atoms with E-state index in [0.29, 0.717) is 0 Å². The monoisotopic (exact) mass is 729 g/mol. The van der Waals surface area contributed by atoms with Crippen LogP contribution in [0.2, 0.25) is 0 Å². The van der Waals surface area contributed by atoms with Crippen molar-refractivity contribution in [3.63, 3.8) is 0 Å². The Morgan fingerprint density at radius 1 is 0.222 bits per heavy atom. The van der Waals surface area contributed by atoms with Crippen LogP contribution in [-0.4, -0.2) is 105 Å². The number of fused-ring (bicyclic) bond motifs is 18. The van der Waals surface area contributed by atoms with E-state index in [1.165, 1.54) is 0 Å². The van der Waals surface area contributed by atoms with E-state index in [4.69, 9.17) is 49.4 Å². The Kier molecular flexibility index (Phi) is 5.80. The van der Waals surface area contributed by atoms with Crippen LogP contribution >= 0.6 is 0 Å². The van der Waals surface area contributed by atoms with Crippen molar-refractivity contribution in [3.8, 4) is 0 Å². The van der Waals surface area contributed by atoms with Crippen LogP contribution < -0.4 is 65.1 Å². The van der Waals surface area contributed by atoms with Crippen LogP contribution in [0.25, 0.3) is 0 Å². The molecule has 10 heterocycles. The molecule has 7 aromatic heterocycles. The molecule has 0 fully saturated rings. The molecule has 10 rings (SSSR count). The fraction of sp³-hybridized carbons (Fsp3) is 0. The van der Waals surface area contributed by atoms with E-state index < -0.39 is 0 Å². The zero-order valence-electron chi connectivity index (χ0n) is 26.2. The molecule has 0 radical (unpaired) electrons. The number of hydrogen-bond acceptors (Lipinski definition) is 33. The van der Waals surface area contributed by atoms with Gasteiger partial charge in [-0.15, -0.1) is 0 Å². The van der Waals surface area contributed by atoms with Gasteiger partial charge in [-0.05, 0) is 0 Å². The predicted octanol–water partition coefficient (Wildman–Crippen LogP) is -2.94. The van der Waals surface area contributed by atoms with Crippen molar-refractivity contribution in [1.29, 1.82) is 0 Å². The number of nitrogens with zero attached hydrogens (tertiary/aromatic N) is 24. The van der Waals surface area contributed by atoms with Crippen molar-refractivity contribution < 1.29 is 0 Å². The van der Waals surface area contributed by atoms with Gasteiger partial charge in [0.1, 0.15) is 0 Å². The summed E-state index contributed by atoms with van der Waals surface area (Å²) in [4.78, 5) is 95.3. The third-order valence-electron chi connectivity index (χ3n) is 6.92. The van der Waals surface area contributed by atoms with E-state index >= 15 is 0 Å². The number of nitrogens with two attached hydrogens (primary N) is 6. The predicted molar refractivity (Wildman–Crippen MR) is 181 cm³/mol. The second kappa shape index (κ2) is 10.6. The number of nitrogen functional groups attached to an aromatic ring is 6. The third-order valence-corrected chi connectivity index (χ3v) is 6.92. The maximum absolute atomic E-state index is 6.17. The molecule has 15 bridgehead atoms. The van der Waals surface area contributed by atoms with Gasteiger partial charge in [0.25, 0.3) is 0 Å². The van der Waals surface area contributed by atoms with E-state index in [1.807, 2.05) is 0 Å². The van der Waals surface area contributed by atoms with Gasteiger partial charge in [-0.2, -0.15) is 105 Å². The molecule has 7 aromatic rings. The zero-order chi connectivity index (χ0) is 36.8. The van der Waals surface area contributed by atoms with Gasteiger partial charge in [0.15, 0.2) is 0 Å². The summed E-state index contributed by atoms with van der Waals surface area (Å²) < 4.78 is 0. The third kappa shape index (κ3) is 4.92. The van der Waals surface area contributed by atoms with Crippen molar-refractivity contribution in [2.45, 2.75) is 0 Å². The van der Waals surface area contributed by atoms with Crippen molar-refractivity contribution in [3.05, 3.63) is 0 Å². The lowest BCUT2D eigenvalue weighted by Crippen LogP contribution is -2.29. The summed E-state index contributed by atoms with van der Waals surface area (Å²) in [6.45, 7) is 0. The zero-order valence-corrected chi connectivity index (χ0v) is 26.2. The first kappa shape index (κ1) is 29.6. The van der Waals surface area contributed by atoms with Crippen LogP contribution in [0.3, 0.4) is 0 Å². The maximum Gasteiger partial charge on any atom is 0.246 e. The standard InChI is InChI=1S/C21H15N33/c22-1-28-7-40-8-29-2(23)36-15(44-8)53-16-37-5(26)32-11(47-16)42-12-33-6(27)39-18(48-12)54-17-38-4(25)31-10(46-17)41-9-30-3(24)35-14(45-9)52(13(34-1)43-7)19-49-20(53)51-21(54)50-19/h(H5,22,23,28,29,34,36,40,43,44)(H5,24,25,30,31,35,38,41,45,46)(H5,26,27,32,33,37,39,42,47,48). The molecule has 0 unspecified atom stereocenters. The lowest BCUT2D eigenvalue weighted by Gasteiger charge is -2.27. The highest BCUT2D eigenvalue weighted by Gasteiger charge is 2.35. The van der Waals surface area contributed by atoms with Gasteiger partial charge in [0.2, 0.25) is 125 Å². The second-order valence-corrected chi connectivity index (χ2v) is 10.5. The van der Waals surface area contributed by atoms with Crippen molar-refractivity contribution in [2.75, 3.05) is 65.1 Å². The Morgan fingerprint density at radius 2 is 0.389 bits per heavy atom. The number of nitrogens with one attached hydrogen (secondary N) is 3. The van der Waals surface area contributed by atoms with Gasteiger partial charge < -0.3 is 34.4 Å². The van der Waals surface area contributed by atoms with Crippen molar-refractivity contribution in [1.82, 2.24) is 105 Å². The summed E-state index contributed by atoms with van der Waals surface area (Å²) in [5, 5.41) is 8.48. The maximum atomic E-state index is 6.17. The number of rotatable bonds is 0. The topological polar surface area (TPSA) is 473 Å². The van der Waals surface area contributed by atoms with Gasteiger partial charge in [0.05, 0.1) is 0 Å². The van der Waals surface area contributed by atoms with Gasteiger partial charge in [-0.25, -0.2) is 14.7 Å². The van der Waals surface area contributed by atoms with E-state index in [1.54, 1.807) is 0 Å². The first-order valence-corrected chi connectivity index (χ1v) is 14.6. The Morgan fingerprint density at radius 3 is 0.574 bits per heavy atom. The molecule has 0 spiro atoms. The average molecular weight is 730 g/mol. The molecule has 0 aromatic carbocycles. The first-order chi connectivity index (χ1) is 26.1. The van der Waals surface area contributed by atoms with Crippen LogP contribution in [0, 0.1) is 0 Å². The van der Waals surface area contributed by atoms with Crippen molar-refractivity contribution >= 4 is 125 Å². The Balaban J connectivity index is 1.41. The molecule has 54 heavy (non-hydrogen) atoms. The van der Waals surface area contributed by atoms with Crippen LogP contribution in [0.15, 0.2) is 0 Å². The molecule has 0 saturated carbocycles. The van der Waals surface area contributed by atoms with Crippen LogP contribution in [0.1, 0.15) is 0 Å². The first-order valence-electron chi connectivity index (χ1n) is 14.6. The van der Waals surface area contributed by atoms with E-state index in [0.717, 1.165) is 14.7 Å². The van der Waals surface area contributed by atoms with Gasteiger partial charge in [-0.3, -0.25) is 16.0 Å². The second-order valence-electron chi connectivity index (χ2n) is 10.5. The Labute approximate surface area is 294 Å². The number of anilines is 21. The molecule has 33 heteroatoms. The highest BCUT2D eigenvalue weighted by Crippen LogP contribution is 2.39. The summed E-state index contributed by atoms with van der Waals surface area (Å²) >= 11 is 0. The van der Waals surface area contributed by atoms with E-state index in [-0.39, 0.29) is 125 Å². The average Bonchev–Trinajstić information content (AvgIpc) is 3.06. The summed E-state index contributed by atoms with van der Waals surface area (Å²) in [7, 11) is 0. The van der Waals surface area contributed by atoms with E-state index in [9.17, 15) is 0 Å². The lowest BCUT2D eigenvalue weighted by molar-refractivity contribution is 0.858. The molecule has 0 saturated heterocycles. The van der Waals surface area contributed by atoms with E-state index in [2.05, 4.69) is 106 Å². The summed E-state index contributed by atoms with van der Waals surface area (Å²) in [6.07, 6.45) is 0. The summed E-state index contributed by atoms with van der Waals surface area (Å²) in [5.74, 6) is -5.33. The van der Waals surface area contributed by atoms with Crippen LogP contribution in [0.4, 0.5) is 125 Å². The Hall–Kier alpha value is -9.33. The Bertz CT molecular complexity index is 2260. The minimum absolute atomic E-state index is 0.176. The highest BCUT2D eigenvalue weighted by atomic mass is 15.5. The SMILES string of the molecule is Nc1nc2nc(n1)N1c3nc(N)nc(n3)Nc3nc(N)nc(n3)N3c4nc(N)nc(n4)Nc4nc(N)nc(n4)N(c4nc(N)nc(n4)N2)c2nc1nc3n2. The smallest absolute Gasteiger partial charge is 0.246 e. The molecular weight excluding hydrogens is 714 g/mol. The fourth-order valence-corrected chi connectivity index (χ4v) is 4.97. The highest BCUT2D eigenvalue weighted by molar-refractivity contribution is 5.75. The minimum atomic E-state index is -0.330. The molecule has 0 atom stereocenters. The van der Waals surface area contributed by atoms with Gasteiger partial charge in [-0.1, -0.05) is 0 Å². The molecular formula is C21H15N33. The largest absolute Gasteiger partial charge is 0.368 e. The molecule has 0 amide bonds. The van der Waals surface area contributed by atoms with Gasteiger partial charge in [0, 0.05) is 0 Å². The van der Waals surface area contributed by atoms with Crippen LogP contribution in [0.5, 0.6) is 0 Å². The molecule has 33 nitrogen and oxygen atoms in total. The number of aromatic nitrogens is 21. The normalized spacial score (nSPS) is 13.2. The molecule has 264 valence electrons. The van der Waals surface area contributed by atoms with Crippen LogP contribution in [-0.2, 0) is 0 Å². The molecule has 0 aliphatic carbocycles. The quantitative estimate of drug-likeness (QED) is 0.0753.